The molecule has 2 aliphatic carbocycles. The molecule has 3 unspecified atom stereocenters. The Kier molecular flexibility index (Phi) is 4.25. The molecule has 3 N–H and O–H groups in total. The van der Waals surface area contributed by atoms with Crippen LogP contribution in [0.2, 0.25) is 0 Å². The molecule has 3 atom stereocenters. The number of amides is 1. The fourth-order valence-corrected chi connectivity index (χ4v) is 4.09. The lowest BCUT2D eigenvalue weighted by Gasteiger charge is -2.18. The number of allylic oxidation sites excluding steroid dienone is 2. The van der Waals surface area contributed by atoms with Gasteiger partial charge >= 0.3 is 0 Å². The zero-order valence-corrected chi connectivity index (χ0v) is 13.4. The van der Waals surface area contributed by atoms with Gasteiger partial charge in [0, 0.05) is 6.54 Å². The van der Waals surface area contributed by atoms with E-state index in [1.165, 1.54) is 6.42 Å². The molecule has 5 nitrogen and oxygen atoms in total. The molecule has 3 rings (SSSR count). The summed E-state index contributed by atoms with van der Waals surface area (Å²) < 4.78 is 36.3. The summed E-state index contributed by atoms with van der Waals surface area (Å²) >= 11 is 0. The molecule has 0 radical (unpaired) electrons. The SMILES string of the molecule is NS(=O)(=O)c1ccc(F)c(C(=O)NCCC2CC3C=CC2C3)c1. The van der Waals surface area contributed by atoms with Gasteiger partial charge in [0.25, 0.3) is 5.91 Å². The van der Waals surface area contributed by atoms with Crippen LogP contribution in [0.15, 0.2) is 35.2 Å². The molecule has 124 valence electrons. The largest absolute Gasteiger partial charge is 0.352 e. The lowest BCUT2D eigenvalue weighted by molar-refractivity contribution is 0.0946. The fraction of sp³-hybridized carbons (Fsp3) is 0.438. The van der Waals surface area contributed by atoms with E-state index in [4.69, 9.17) is 5.14 Å². The van der Waals surface area contributed by atoms with Gasteiger partial charge in [-0.15, -0.1) is 0 Å². The Morgan fingerprint density at radius 3 is 2.70 bits per heavy atom. The van der Waals surface area contributed by atoms with Crippen molar-refractivity contribution in [3.63, 3.8) is 0 Å². The molecule has 1 aromatic rings. The van der Waals surface area contributed by atoms with Gasteiger partial charge in [-0.1, -0.05) is 12.2 Å². The lowest BCUT2D eigenvalue weighted by atomic mass is 9.90. The van der Waals surface area contributed by atoms with E-state index in [0.717, 1.165) is 31.0 Å². The van der Waals surface area contributed by atoms with Crippen LogP contribution in [0.25, 0.3) is 0 Å². The number of primary sulfonamides is 1. The van der Waals surface area contributed by atoms with Crippen LogP contribution in [-0.4, -0.2) is 20.9 Å². The minimum absolute atomic E-state index is 0.276. The van der Waals surface area contributed by atoms with E-state index in [9.17, 15) is 17.6 Å². The van der Waals surface area contributed by atoms with Gasteiger partial charge in [-0.05, 0) is 55.2 Å². The molecule has 23 heavy (non-hydrogen) atoms. The maximum atomic E-state index is 13.8. The van der Waals surface area contributed by atoms with Crippen molar-refractivity contribution in [2.45, 2.75) is 24.2 Å². The minimum atomic E-state index is -3.97. The highest BCUT2D eigenvalue weighted by molar-refractivity contribution is 7.89. The predicted molar refractivity (Wildman–Crippen MR) is 83.6 cm³/mol. The number of nitrogens with one attached hydrogen (secondary N) is 1. The minimum Gasteiger partial charge on any atom is -0.352 e. The van der Waals surface area contributed by atoms with E-state index in [1.807, 2.05) is 0 Å². The molecule has 0 spiro atoms. The van der Waals surface area contributed by atoms with Crippen molar-refractivity contribution in [2.24, 2.45) is 22.9 Å². The van der Waals surface area contributed by atoms with Gasteiger partial charge in [0.1, 0.15) is 5.82 Å². The van der Waals surface area contributed by atoms with Crippen molar-refractivity contribution in [2.75, 3.05) is 6.54 Å². The summed E-state index contributed by atoms with van der Waals surface area (Å²) in [4.78, 5) is 11.8. The number of carbonyl (C=O) groups is 1. The molecule has 7 heteroatoms. The average molecular weight is 338 g/mol. The number of sulfonamides is 1. The fourth-order valence-electron chi connectivity index (χ4n) is 3.55. The third-order valence-electron chi connectivity index (χ3n) is 4.73. The summed E-state index contributed by atoms with van der Waals surface area (Å²) in [5.41, 5.74) is -0.302. The molecule has 1 amide bonds. The zero-order valence-electron chi connectivity index (χ0n) is 12.5. The molecule has 0 aromatic heterocycles. The Hall–Kier alpha value is -1.73. The van der Waals surface area contributed by atoms with Gasteiger partial charge in [-0.25, -0.2) is 17.9 Å². The van der Waals surface area contributed by atoms with E-state index < -0.39 is 21.7 Å². The molecule has 2 aliphatic rings. The Labute approximate surface area is 134 Å². The van der Waals surface area contributed by atoms with Crippen molar-refractivity contribution in [1.82, 2.24) is 5.32 Å². The number of rotatable bonds is 5. The monoisotopic (exact) mass is 338 g/mol. The van der Waals surface area contributed by atoms with E-state index in [2.05, 4.69) is 17.5 Å². The Morgan fingerprint density at radius 1 is 1.30 bits per heavy atom. The van der Waals surface area contributed by atoms with Crippen LogP contribution in [0.5, 0.6) is 0 Å². The first-order valence-corrected chi connectivity index (χ1v) is 9.18. The Balaban J connectivity index is 1.61. The van der Waals surface area contributed by atoms with E-state index in [-0.39, 0.29) is 10.5 Å². The van der Waals surface area contributed by atoms with Crippen molar-refractivity contribution in [1.29, 1.82) is 0 Å². The van der Waals surface area contributed by atoms with Crippen LogP contribution in [0.1, 0.15) is 29.6 Å². The van der Waals surface area contributed by atoms with Gasteiger partial charge in [-0.3, -0.25) is 4.79 Å². The van der Waals surface area contributed by atoms with Crippen LogP contribution in [0.3, 0.4) is 0 Å². The molecule has 2 bridgehead atoms. The normalized spacial score (nSPS) is 25.7. The molecule has 1 fully saturated rings. The van der Waals surface area contributed by atoms with E-state index >= 15 is 0 Å². The van der Waals surface area contributed by atoms with Crippen molar-refractivity contribution in [3.05, 3.63) is 41.7 Å². The molecule has 1 saturated carbocycles. The van der Waals surface area contributed by atoms with Crippen LogP contribution in [0, 0.1) is 23.6 Å². The van der Waals surface area contributed by atoms with Crippen molar-refractivity contribution >= 4 is 15.9 Å². The summed E-state index contributed by atoms with van der Waals surface area (Å²) in [7, 11) is -3.97. The third kappa shape index (κ3) is 3.45. The summed E-state index contributed by atoms with van der Waals surface area (Å²) in [6.07, 6.45) is 7.69. The first kappa shape index (κ1) is 16.1. The molecule has 0 heterocycles. The first-order chi connectivity index (χ1) is 10.8. The second-order valence-corrected chi connectivity index (χ2v) is 7.83. The second-order valence-electron chi connectivity index (χ2n) is 6.27. The number of hydrogen-bond donors (Lipinski definition) is 2. The van der Waals surface area contributed by atoms with Gasteiger partial charge < -0.3 is 5.32 Å². The van der Waals surface area contributed by atoms with Crippen LogP contribution < -0.4 is 10.5 Å². The summed E-state index contributed by atoms with van der Waals surface area (Å²) in [5, 5.41) is 7.67. The first-order valence-electron chi connectivity index (χ1n) is 7.63. The molecular weight excluding hydrogens is 319 g/mol. The highest BCUT2D eigenvalue weighted by Gasteiger charge is 2.35. The summed E-state index contributed by atoms with van der Waals surface area (Å²) in [5.74, 6) is 0.444. The standard InChI is InChI=1S/C16H19FN2O3S/c17-15-4-3-13(23(18,21)22)9-14(15)16(20)19-6-5-12-8-10-1-2-11(12)7-10/h1-4,9-12H,5-8H2,(H,19,20)(H2,18,21,22). The number of fused-ring (bicyclic) bond motifs is 2. The maximum absolute atomic E-state index is 13.8. The van der Waals surface area contributed by atoms with Gasteiger partial charge in [0.2, 0.25) is 10.0 Å². The van der Waals surface area contributed by atoms with E-state index in [0.29, 0.717) is 24.3 Å². The molecule has 1 aromatic carbocycles. The highest BCUT2D eigenvalue weighted by Crippen LogP contribution is 2.44. The zero-order chi connectivity index (χ0) is 16.6. The molecule has 0 saturated heterocycles. The average Bonchev–Trinajstić information content (AvgIpc) is 3.09. The quantitative estimate of drug-likeness (QED) is 0.802. The summed E-state index contributed by atoms with van der Waals surface area (Å²) in [6, 6.07) is 2.96. The van der Waals surface area contributed by atoms with Gasteiger partial charge in [0.05, 0.1) is 10.5 Å². The van der Waals surface area contributed by atoms with Crippen LogP contribution >= 0.6 is 0 Å². The molecular formula is C16H19FN2O3S. The van der Waals surface area contributed by atoms with Crippen LogP contribution in [-0.2, 0) is 10.0 Å². The number of hydrogen-bond acceptors (Lipinski definition) is 3. The van der Waals surface area contributed by atoms with E-state index in [1.54, 1.807) is 0 Å². The Bertz CT molecular complexity index is 761. The van der Waals surface area contributed by atoms with Crippen molar-refractivity contribution < 1.29 is 17.6 Å². The second kappa shape index (κ2) is 6.05. The topological polar surface area (TPSA) is 89.3 Å². The smallest absolute Gasteiger partial charge is 0.254 e. The van der Waals surface area contributed by atoms with Crippen LogP contribution in [0.4, 0.5) is 4.39 Å². The predicted octanol–water partition coefficient (Wildman–Crippen LogP) is 1.81. The third-order valence-corrected chi connectivity index (χ3v) is 5.64. The van der Waals surface area contributed by atoms with Gasteiger partial charge in [0.15, 0.2) is 0 Å². The lowest BCUT2D eigenvalue weighted by Crippen LogP contribution is -2.28. The number of halogens is 1. The van der Waals surface area contributed by atoms with Gasteiger partial charge in [-0.2, -0.15) is 0 Å². The number of nitrogens with two attached hydrogens (primary N) is 1. The molecule has 0 aliphatic heterocycles. The number of benzene rings is 1. The number of carbonyl (C=O) groups excluding carboxylic acids is 1. The highest BCUT2D eigenvalue weighted by atomic mass is 32.2. The maximum Gasteiger partial charge on any atom is 0.254 e. The summed E-state index contributed by atoms with van der Waals surface area (Å²) in [6.45, 7) is 0.444. The Morgan fingerprint density at radius 2 is 2.09 bits per heavy atom. The van der Waals surface area contributed by atoms with Crippen molar-refractivity contribution in [3.8, 4) is 0 Å².